The molecule has 0 radical (unpaired) electrons. The van der Waals surface area contributed by atoms with E-state index in [-0.39, 0.29) is 18.6 Å². The van der Waals surface area contributed by atoms with E-state index in [1.54, 1.807) is 23.1 Å². The molecule has 0 N–H and O–H groups in total. The third-order valence-electron chi connectivity index (χ3n) is 5.90. The van der Waals surface area contributed by atoms with Gasteiger partial charge in [0.15, 0.2) is 12.4 Å². The van der Waals surface area contributed by atoms with Crippen LogP contribution in [0.15, 0.2) is 89.3 Å². The second-order valence-corrected chi connectivity index (χ2v) is 8.14. The molecule has 2 heterocycles. The third-order valence-corrected chi connectivity index (χ3v) is 5.90. The Labute approximate surface area is 202 Å². The lowest BCUT2D eigenvalue weighted by Crippen LogP contribution is -2.27. The molecule has 0 saturated carbocycles. The summed E-state index contributed by atoms with van der Waals surface area (Å²) in [4.78, 5) is 31.0. The Balaban J connectivity index is 1.52. The topological polar surface area (TPSA) is 81.9 Å². The number of rotatable bonds is 7. The van der Waals surface area contributed by atoms with Gasteiger partial charge in [-0.15, -0.1) is 0 Å². The van der Waals surface area contributed by atoms with Gasteiger partial charge in [0.25, 0.3) is 0 Å². The number of hydrogen-bond acceptors (Lipinski definition) is 6. The van der Waals surface area contributed by atoms with Crippen LogP contribution in [0, 0.1) is 0 Å². The molecule has 7 heteroatoms. The Morgan fingerprint density at radius 3 is 2.43 bits per heavy atom. The van der Waals surface area contributed by atoms with Crippen molar-refractivity contribution in [1.82, 2.24) is 4.98 Å². The summed E-state index contributed by atoms with van der Waals surface area (Å²) in [6.45, 7) is -0.210. The summed E-state index contributed by atoms with van der Waals surface area (Å²) in [5.74, 6) is 1.11. The van der Waals surface area contributed by atoms with Crippen molar-refractivity contribution >= 4 is 17.6 Å². The number of carbonyl (C=O) groups excluding carboxylic acids is 2. The lowest BCUT2D eigenvalue weighted by molar-refractivity contribution is -0.142. The minimum atomic E-state index is -0.479. The highest BCUT2D eigenvalue weighted by atomic mass is 16.6. The van der Waals surface area contributed by atoms with Crippen LogP contribution >= 0.6 is 0 Å². The summed E-state index contributed by atoms with van der Waals surface area (Å²) in [6, 6.07) is 26.4. The smallest absolute Gasteiger partial charge is 0.343 e. The molecule has 1 atom stereocenters. The second-order valence-electron chi connectivity index (χ2n) is 8.14. The van der Waals surface area contributed by atoms with Crippen LogP contribution in [0.1, 0.15) is 24.8 Å². The molecule has 0 aliphatic carbocycles. The van der Waals surface area contributed by atoms with E-state index in [2.05, 4.69) is 4.74 Å². The molecule has 0 spiro atoms. The molecule has 1 unspecified atom stereocenters. The molecule has 1 aromatic heterocycles. The lowest BCUT2D eigenvalue weighted by Gasteiger charge is -2.23. The Bertz CT molecular complexity index is 1280. The van der Waals surface area contributed by atoms with E-state index in [4.69, 9.17) is 14.1 Å². The maximum absolute atomic E-state index is 13.0. The minimum absolute atomic E-state index is 0.0270. The van der Waals surface area contributed by atoms with Gasteiger partial charge in [0.05, 0.1) is 7.11 Å². The first-order valence-electron chi connectivity index (χ1n) is 11.4. The SMILES string of the molecule is COC(=O)COc1cccc(N2C(=O)CCC2c2nc(-c3ccccc3)c(-c3ccccc3)o2)c1. The third kappa shape index (κ3) is 4.66. The number of amides is 1. The molecule has 3 aromatic carbocycles. The summed E-state index contributed by atoms with van der Waals surface area (Å²) in [6.07, 6.45) is 0.955. The summed E-state index contributed by atoms with van der Waals surface area (Å²) < 4.78 is 16.5. The van der Waals surface area contributed by atoms with Crippen molar-refractivity contribution in [2.75, 3.05) is 18.6 Å². The fraction of sp³-hybridized carbons (Fsp3) is 0.179. The van der Waals surface area contributed by atoms with Gasteiger partial charge in [0, 0.05) is 29.3 Å². The minimum Gasteiger partial charge on any atom is -0.482 e. The van der Waals surface area contributed by atoms with E-state index in [0.717, 1.165) is 16.8 Å². The summed E-state index contributed by atoms with van der Waals surface area (Å²) in [7, 11) is 1.30. The van der Waals surface area contributed by atoms with Crippen molar-refractivity contribution in [3.8, 4) is 28.3 Å². The Morgan fingerprint density at radius 1 is 1.00 bits per heavy atom. The predicted octanol–water partition coefficient (Wildman–Crippen LogP) is 5.43. The Morgan fingerprint density at radius 2 is 1.71 bits per heavy atom. The highest BCUT2D eigenvalue weighted by Crippen LogP contribution is 2.41. The number of nitrogens with zero attached hydrogens (tertiary/aromatic N) is 2. The molecule has 1 aliphatic heterocycles. The second kappa shape index (κ2) is 9.85. The number of anilines is 1. The van der Waals surface area contributed by atoms with Crippen LogP contribution < -0.4 is 9.64 Å². The van der Waals surface area contributed by atoms with Gasteiger partial charge in [-0.1, -0.05) is 66.7 Å². The molecule has 7 nitrogen and oxygen atoms in total. The van der Waals surface area contributed by atoms with Gasteiger partial charge in [-0.25, -0.2) is 9.78 Å². The van der Waals surface area contributed by atoms with Crippen molar-refractivity contribution in [2.24, 2.45) is 0 Å². The van der Waals surface area contributed by atoms with Crippen molar-refractivity contribution in [2.45, 2.75) is 18.9 Å². The van der Waals surface area contributed by atoms with Crippen LogP contribution in [-0.2, 0) is 14.3 Å². The summed E-state index contributed by atoms with van der Waals surface area (Å²) in [5.41, 5.74) is 3.25. The molecule has 1 fully saturated rings. The average Bonchev–Trinajstić information content (AvgIpc) is 3.52. The molecular formula is C28H24N2O5. The van der Waals surface area contributed by atoms with Crippen molar-refractivity contribution in [3.63, 3.8) is 0 Å². The largest absolute Gasteiger partial charge is 0.482 e. The number of esters is 1. The Kier molecular flexibility index (Phi) is 6.30. The van der Waals surface area contributed by atoms with Gasteiger partial charge in [-0.05, 0) is 18.6 Å². The first-order valence-corrected chi connectivity index (χ1v) is 11.4. The van der Waals surface area contributed by atoms with Crippen LogP contribution in [0.5, 0.6) is 5.75 Å². The summed E-state index contributed by atoms with van der Waals surface area (Å²) >= 11 is 0. The van der Waals surface area contributed by atoms with Gasteiger partial charge in [-0.3, -0.25) is 9.69 Å². The number of hydrogen-bond donors (Lipinski definition) is 0. The maximum atomic E-state index is 13.0. The number of oxazole rings is 1. The molecule has 1 amide bonds. The molecule has 35 heavy (non-hydrogen) atoms. The van der Waals surface area contributed by atoms with Crippen LogP contribution in [-0.4, -0.2) is 30.6 Å². The lowest BCUT2D eigenvalue weighted by atomic mass is 10.1. The monoisotopic (exact) mass is 468 g/mol. The van der Waals surface area contributed by atoms with Crippen molar-refractivity contribution in [1.29, 1.82) is 0 Å². The molecule has 0 bridgehead atoms. The first-order chi connectivity index (χ1) is 17.1. The van der Waals surface area contributed by atoms with Crippen molar-refractivity contribution < 1.29 is 23.5 Å². The van der Waals surface area contributed by atoms with E-state index in [1.165, 1.54) is 7.11 Å². The van der Waals surface area contributed by atoms with Crippen LogP contribution in [0.2, 0.25) is 0 Å². The van der Waals surface area contributed by atoms with E-state index >= 15 is 0 Å². The number of methoxy groups -OCH3 is 1. The van der Waals surface area contributed by atoms with Gasteiger partial charge in [0.1, 0.15) is 17.5 Å². The zero-order chi connectivity index (χ0) is 24.2. The zero-order valence-corrected chi connectivity index (χ0v) is 19.2. The normalized spacial score (nSPS) is 15.3. The number of aromatic nitrogens is 1. The van der Waals surface area contributed by atoms with Crippen LogP contribution in [0.4, 0.5) is 5.69 Å². The number of carbonyl (C=O) groups is 2. The fourth-order valence-electron chi connectivity index (χ4n) is 4.22. The standard InChI is InChI=1S/C28H24N2O5/c1-33-25(32)18-34-22-14-8-13-21(17-22)30-23(15-16-24(30)31)28-29-26(19-9-4-2-5-10-19)27(35-28)20-11-6-3-7-12-20/h2-14,17,23H,15-16,18H2,1H3. The Hall–Kier alpha value is -4.39. The van der Waals surface area contributed by atoms with Gasteiger partial charge in [-0.2, -0.15) is 0 Å². The zero-order valence-electron chi connectivity index (χ0n) is 19.2. The molecule has 5 rings (SSSR count). The van der Waals surface area contributed by atoms with E-state index in [9.17, 15) is 9.59 Å². The quantitative estimate of drug-likeness (QED) is 0.337. The van der Waals surface area contributed by atoms with Crippen LogP contribution in [0.3, 0.4) is 0 Å². The molecule has 1 aliphatic rings. The highest BCUT2D eigenvalue weighted by molar-refractivity contribution is 5.96. The summed E-state index contributed by atoms with van der Waals surface area (Å²) in [5, 5.41) is 0. The van der Waals surface area contributed by atoms with E-state index < -0.39 is 5.97 Å². The number of benzene rings is 3. The average molecular weight is 469 g/mol. The van der Waals surface area contributed by atoms with Gasteiger partial charge < -0.3 is 13.9 Å². The predicted molar refractivity (Wildman–Crippen MR) is 131 cm³/mol. The van der Waals surface area contributed by atoms with E-state index in [1.807, 2.05) is 66.7 Å². The molecule has 1 saturated heterocycles. The molecule has 176 valence electrons. The molecular weight excluding hydrogens is 444 g/mol. The maximum Gasteiger partial charge on any atom is 0.343 e. The number of ether oxygens (including phenoxy) is 2. The fourth-order valence-corrected chi connectivity index (χ4v) is 4.22. The highest BCUT2D eigenvalue weighted by Gasteiger charge is 2.37. The molecule has 4 aromatic rings. The van der Waals surface area contributed by atoms with Gasteiger partial charge in [0.2, 0.25) is 11.8 Å². The van der Waals surface area contributed by atoms with Crippen molar-refractivity contribution in [3.05, 3.63) is 90.8 Å². The van der Waals surface area contributed by atoms with Gasteiger partial charge >= 0.3 is 5.97 Å². The van der Waals surface area contributed by atoms with Crippen LogP contribution in [0.25, 0.3) is 22.6 Å². The van der Waals surface area contributed by atoms with E-state index in [0.29, 0.717) is 35.9 Å². The first kappa shape index (κ1) is 22.4.